The molecule has 15 rings (SSSR count). The Balaban J connectivity index is 1.07. The van der Waals surface area contributed by atoms with Crippen molar-refractivity contribution in [1.82, 2.24) is 0 Å². The maximum Gasteiger partial charge on any atom is 0.0540 e. The molecule has 0 atom stereocenters. The third-order valence-electron chi connectivity index (χ3n) is 16.3. The molecule has 13 aromatic rings. The van der Waals surface area contributed by atoms with Crippen LogP contribution in [0.2, 0.25) is 0 Å². The van der Waals surface area contributed by atoms with Crippen LogP contribution < -0.4 is 9.80 Å². The van der Waals surface area contributed by atoms with Gasteiger partial charge in [-0.05, 0) is 173 Å². The number of rotatable bonds is 8. The first-order valence-electron chi connectivity index (χ1n) is 26.8. The summed E-state index contributed by atoms with van der Waals surface area (Å²) in [6.45, 7) is 0. The highest BCUT2D eigenvalue weighted by molar-refractivity contribution is 6.24. The maximum atomic E-state index is 2.59. The van der Waals surface area contributed by atoms with E-state index < -0.39 is 0 Å². The zero-order chi connectivity index (χ0) is 50.1. The van der Waals surface area contributed by atoms with Crippen molar-refractivity contribution < 1.29 is 0 Å². The molecular formula is C74H52N2. The fourth-order valence-electron chi connectivity index (χ4n) is 12.8. The molecule has 0 bridgehead atoms. The van der Waals surface area contributed by atoms with E-state index in [1.807, 2.05) is 0 Å². The van der Waals surface area contributed by atoms with Gasteiger partial charge in [-0.2, -0.15) is 0 Å². The summed E-state index contributed by atoms with van der Waals surface area (Å²) in [7, 11) is 0. The number of hydrogen-bond donors (Lipinski definition) is 0. The lowest BCUT2D eigenvalue weighted by molar-refractivity contribution is 0.848. The maximum absolute atomic E-state index is 2.59. The third kappa shape index (κ3) is 7.32. The van der Waals surface area contributed by atoms with Gasteiger partial charge < -0.3 is 9.80 Å². The molecule has 0 saturated carbocycles. The minimum absolute atomic E-state index is 1.00. The van der Waals surface area contributed by atoms with Crippen LogP contribution >= 0.6 is 0 Å². The average Bonchev–Trinajstić information content (AvgIpc) is 3.49. The van der Waals surface area contributed by atoms with Gasteiger partial charge in [0.25, 0.3) is 0 Å². The lowest BCUT2D eigenvalue weighted by atomic mass is 9.84. The normalized spacial score (nSPS) is 13.6. The van der Waals surface area contributed by atoms with Crippen LogP contribution in [0.1, 0.15) is 25.7 Å². The molecule has 2 nitrogen and oxygen atoms in total. The minimum Gasteiger partial charge on any atom is -0.310 e. The van der Waals surface area contributed by atoms with Crippen LogP contribution in [0.15, 0.2) is 284 Å². The van der Waals surface area contributed by atoms with E-state index in [4.69, 9.17) is 0 Å². The standard InChI is InChI=1S/C74H52N2/c1-3-23-55-45-57(39-37-49(55)17-1)73-65-43-41-60(76(71-35-15-27-53-21-7-11-31-63(53)71)72-36-16-28-54-22-8-12-32-64(54)72)48-68(65)74(58-40-38-50-18-2-4-24-56(50)46-58)66-44-42-59(47-67(66)73)75(69-33-13-25-51-19-5-9-29-61(51)69)70-34-14-26-52-20-6-10-30-62(52)70/h1-11,13-15,17-27,29-31,33-48H,12,16,28,32H2. The summed E-state index contributed by atoms with van der Waals surface area (Å²) in [6.07, 6.45) is 11.4. The molecule has 0 fully saturated rings. The van der Waals surface area contributed by atoms with E-state index in [1.165, 1.54) is 120 Å². The van der Waals surface area contributed by atoms with Crippen molar-refractivity contribution in [2.75, 3.05) is 9.80 Å². The number of benzene rings is 13. The highest BCUT2D eigenvalue weighted by atomic mass is 15.2. The molecule has 0 aromatic heterocycles. The number of fused-ring (bicyclic) bond motifs is 7. The average molecular weight is 969 g/mol. The summed E-state index contributed by atoms with van der Waals surface area (Å²) in [5.74, 6) is 0. The molecule has 76 heavy (non-hydrogen) atoms. The van der Waals surface area contributed by atoms with Crippen LogP contribution in [0, 0.1) is 0 Å². The largest absolute Gasteiger partial charge is 0.310 e. The van der Waals surface area contributed by atoms with Gasteiger partial charge >= 0.3 is 0 Å². The number of anilines is 5. The molecule has 0 amide bonds. The van der Waals surface area contributed by atoms with E-state index in [-0.39, 0.29) is 0 Å². The van der Waals surface area contributed by atoms with Crippen LogP contribution in [0.25, 0.3) is 97.7 Å². The van der Waals surface area contributed by atoms with Crippen molar-refractivity contribution in [3.8, 4) is 22.3 Å². The van der Waals surface area contributed by atoms with Gasteiger partial charge in [-0.1, -0.05) is 212 Å². The summed E-state index contributed by atoms with van der Waals surface area (Å²) < 4.78 is 0. The smallest absolute Gasteiger partial charge is 0.0540 e. The van der Waals surface area contributed by atoms with Crippen LogP contribution in [0.5, 0.6) is 0 Å². The topological polar surface area (TPSA) is 6.48 Å². The Hall–Kier alpha value is -9.50. The van der Waals surface area contributed by atoms with Gasteiger partial charge in [0, 0.05) is 33.2 Å². The van der Waals surface area contributed by atoms with Gasteiger partial charge in [0.2, 0.25) is 0 Å². The van der Waals surface area contributed by atoms with Crippen LogP contribution in [0.3, 0.4) is 0 Å². The molecule has 0 unspecified atom stereocenters. The molecule has 0 aliphatic heterocycles. The Bertz CT molecular complexity index is 4510. The molecule has 2 aliphatic rings. The van der Waals surface area contributed by atoms with E-state index >= 15 is 0 Å². The second-order valence-electron chi connectivity index (χ2n) is 20.6. The monoisotopic (exact) mass is 968 g/mol. The highest BCUT2D eigenvalue weighted by Crippen LogP contribution is 2.51. The van der Waals surface area contributed by atoms with E-state index in [1.54, 1.807) is 0 Å². The highest BCUT2D eigenvalue weighted by Gasteiger charge is 2.28. The third-order valence-corrected chi connectivity index (χ3v) is 16.3. The zero-order valence-corrected chi connectivity index (χ0v) is 42.1. The van der Waals surface area contributed by atoms with Crippen molar-refractivity contribution >= 4 is 104 Å². The van der Waals surface area contributed by atoms with Crippen molar-refractivity contribution in [1.29, 1.82) is 0 Å². The second-order valence-corrected chi connectivity index (χ2v) is 20.6. The lowest BCUT2D eigenvalue weighted by Crippen LogP contribution is -2.21. The first kappa shape index (κ1) is 44.0. The fourth-order valence-corrected chi connectivity index (χ4v) is 12.8. The van der Waals surface area contributed by atoms with Crippen molar-refractivity contribution in [2.45, 2.75) is 25.7 Å². The minimum atomic E-state index is 1.00. The van der Waals surface area contributed by atoms with Crippen molar-refractivity contribution in [3.05, 3.63) is 284 Å². The van der Waals surface area contributed by atoms with Crippen molar-refractivity contribution in [2.24, 2.45) is 0 Å². The van der Waals surface area contributed by atoms with Gasteiger partial charge in [-0.15, -0.1) is 0 Å². The van der Waals surface area contributed by atoms with E-state index in [0.29, 0.717) is 0 Å². The summed E-state index contributed by atoms with van der Waals surface area (Å²) in [5, 5.41) is 17.0. The van der Waals surface area contributed by atoms with Crippen LogP contribution in [-0.4, -0.2) is 0 Å². The summed E-state index contributed by atoms with van der Waals surface area (Å²) in [5.41, 5.74) is 14.8. The molecule has 358 valence electrons. The number of hydrogen-bond acceptors (Lipinski definition) is 2. The molecule has 0 N–H and O–H groups in total. The Kier molecular flexibility index (Phi) is 10.5. The summed E-state index contributed by atoms with van der Waals surface area (Å²) in [4.78, 5) is 5.09. The van der Waals surface area contributed by atoms with Crippen molar-refractivity contribution in [3.63, 3.8) is 0 Å². The first-order chi connectivity index (χ1) is 37.7. The van der Waals surface area contributed by atoms with Gasteiger partial charge in [0.15, 0.2) is 0 Å². The summed E-state index contributed by atoms with van der Waals surface area (Å²) in [6, 6.07) is 93.0. The molecule has 0 heterocycles. The lowest BCUT2D eigenvalue weighted by Gasteiger charge is -2.34. The van der Waals surface area contributed by atoms with E-state index in [9.17, 15) is 0 Å². The first-order valence-corrected chi connectivity index (χ1v) is 26.8. The second kappa shape index (κ2) is 18.2. The predicted octanol–water partition coefficient (Wildman–Crippen LogP) is 21.0. The summed E-state index contributed by atoms with van der Waals surface area (Å²) >= 11 is 0. The molecule has 13 aromatic carbocycles. The van der Waals surface area contributed by atoms with Crippen LogP contribution in [0.4, 0.5) is 28.4 Å². The number of allylic oxidation sites excluding steroid dienone is 5. The number of nitrogens with zero attached hydrogens (tertiary/aromatic N) is 2. The quantitative estimate of drug-likeness (QED) is 0.140. The van der Waals surface area contributed by atoms with Gasteiger partial charge in [-0.3, -0.25) is 0 Å². The van der Waals surface area contributed by atoms with Gasteiger partial charge in [-0.25, -0.2) is 0 Å². The Morgan fingerprint density at radius 2 is 0.724 bits per heavy atom. The SMILES string of the molecule is C1=CC2=C(CC1)C(N(c1ccc3c(-c4ccc5ccccc5c4)c4cc(N(c5cccc6ccccc56)c5cccc6ccccc56)ccc4c(-c4ccc5ccccc5c4)c3c1)c1cccc3ccccc13)=CCC2. The Morgan fingerprint density at radius 3 is 1.24 bits per heavy atom. The van der Waals surface area contributed by atoms with Crippen LogP contribution in [-0.2, 0) is 0 Å². The van der Waals surface area contributed by atoms with E-state index in [0.717, 1.165) is 48.4 Å². The molecule has 0 spiro atoms. The molecule has 2 heteroatoms. The fraction of sp³-hybridized carbons (Fsp3) is 0.0541. The Labute approximate surface area is 443 Å². The predicted molar refractivity (Wildman–Crippen MR) is 326 cm³/mol. The molecule has 0 saturated heterocycles. The van der Waals surface area contributed by atoms with Gasteiger partial charge in [0.1, 0.15) is 0 Å². The molecular weight excluding hydrogens is 917 g/mol. The Morgan fingerprint density at radius 1 is 0.289 bits per heavy atom. The molecule has 0 radical (unpaired) electrons. The van der Waals surface area contributed by atoms with Gasteiger partial charge in [0.05, 0.1) is 17.1 Å². The van der Waals surface area contributed by atoms with E-state index in [2.05, 4.69) is 277 Å². The molecule has 2 aliphatic carbocycles. The zero-order valence-electron chi connectivity index (χ0n) is 42.1.